The van der Waals surface area contributed by atoms with Crippen molar-refractivity contribution in [2.24, 2.45) is 5.73 Å². The number of hydrogen-bond donors (Lipinski definition) is 1. The number of aromatic nitrogens is 3. The van der Waals surface area contributed by atoms with E-state index >= 15 is 0 Å². The molecule has 0 atom stereocenters. The lowest BCUT2D eigenvalue weighted by Gasteiger charge is -2.12. The van der Waals surface area contributed by atoms with E-state index in [4.69, 9.17) is 5.73 Å². The largest absolute Gasteiger partial charge is 0.330 e. The molecule has 1 aromatic carbocycles. The first-order valence-corrected chi connectivity index (χ1v) is 6.34. The monoisotopic (exact) mass is 244 g/mol. The molecule has 0 saturated carbocycles. The summed E-state index contributed by atoms with van der Waals surface area (Å²) in [5.74, 6) is 1.88. The van der Waals surface area contributed by atoms with Gasteiger partial charge < -0.3 is 10.3 Å². The summed E-state index contributed by atoms with van der Waals surface area (Å²) in [5.41, 5.74) is 7.91. The highest BCUT2D eigenvalue weighted by Gasteiger charge is 2.13. The van der Waals surface area contributed by atoms with E-state index < -0.39 is 0 Å². The summed E-state index contributed by atoms with van der Waals surface area (Å²) in [4.78, 5) is 0. The highest BCUT2D eigenvalue weighted by Crippen LogP contribution is 2.22. The minimum absolute atomic E-state index is 0.360. The Morgan fingerprint density at radius 2 is 1.83 bits per heavy atom. The predicted octanol–water partition coefficient (Wildman–Crippen LogP) is 2.34. The van der Waals surface area contributed by atoms with E-state index in [0.717, 1.165) is 23.6 Å². The van der Waals surface area contributed by atoms with E-state index in [1.807, 2.05) is 6.92 Å². The second kappa shape index (κ2) is 5.31. The molecule has 96 valence electrons. The van der Waals surface area contributed by atoms with Crippen molar-refractivity contribution in [1.82, 2.24) is 14.8 Å². The molecule has 0 spiro atoms. The van der Waals surface area contributed by atoms with E-state index in [-0.39, 0.29) is 0 Å². The van der Waals surface area contributed by atoms with Crippen molar-refractivity contribution < 1.29 is 0 Å². The molecule has 0 fully saturated rings. The Hall–Kier alpha value is -1.68. The van der Waals surface area contributed by atoms with Crippen LogP contribution >= 0.6 is 0 Å². The quantitative estimate of drug-likeness (QED) is 0.898. The maximum Gasteiger partial charge on any atom is 0.164 e. The van der Waals surface area contributed by atoms with Gasteiger partial charge in [0.05, 0.1) is 0 Å². The number of nitrogens with zero attached hydrogens (tertiary/aromatic N) is 3. The van der Waals surface area contributed by atoms with Gasteiger partial charge in [-0.25, -0.2) is 0 Å². The lowest BCUT2D eigenvalue weighted by Crippen LogP contribution is -2.05. The van der Waals surface area contributed by atoms with Crippen molar-refractivity contribution >= 4 is 0 Å². The molecule has 0 unspecified atom stereocenters. The molecule has 0 saturated heterocycles. The molecule has 0 amide bonds. The maximum absolute atomic E-state index is 5.55. The SMILES string of the molecule is Cc1nnc(-c2ccc(CCN)cc2)n1C(C)C. The third-order valence-corrected chi connectivity index (χ3v) is 3.03. The Balaban J connectivity index is 2.37. The Morgan fingerprint density at radius 1 is 1.17 bits per heavy atom. The average molecular weight is 244 g/mol. The zero-order valence-corrected chi connectivity index (χ0v) is 11.2. The average Bonchev–Trinajstić information content (AvgIpc) is 2.73. The normalized spacial score (nSPS) is 11.2. The van der Waals surface area contributed by atoms with Crippen molar-refractivity contribution in [3.8, 4) is 11.4 Å². The van der Waals surface area contributed by atoms with Gasteiger partial charge in [0.1, 0.15) is 5.82 Å². The van der Waals surface area contributed by atoms with Crippen LogP contribution in [0.3, 0.4) is 0 Å². The fourth-order valence-corrected chi connectivity index (χ4v) is 2.17. The third kappa shape index (κ3) is 2.43. The molecule has 0 aliphatic heterocycles. The minimum Gasteiger partial charge on any atom is -0.330 e. The molecule has 18 heavy (non-hydrogen) atoms. The zero-order chi connectivity index (χ0) is 13.1. The lowest BCUT2D eigenvalue weighted by molar-refractivity contribution is 0.587. The van der Waals surface area contributed by atoms with Gasteiger partial charge in [-0.3, -0.25) is 0 Å². The van der Waals surface area contributed by atoms with Gasteiger partial charge >= 0.3 is 0 Å². The van der Waals surface area contributed by atoms with Crippen LogP contribution in [0.1, 0.15) is 31.3 Å². The number of hydrogen-bond acceptors (Lipinski definition) is 3. The zero-order valence-electron chi connectivity index (χ0n) is 11.2. The summed E-state index contributed by atoms with van der Waals surface area (Å²) in [7, 11) is 0. The molecule has 1 aromatic heterocycles. The Morgan fingerprint density at radius 3 is 2.39 bits per heavy atom. The van der Waals surface area contributed by atoms with Gasteiger partial charge in [0.2, 0.25) is 0 Å². The van der Waals surface area contributed by atoms with Crippen LogP contribution in [0.2, 0.25) is 0 Å². The Kier molecular flexibility index (Phi) is 3.77. The third-order valence-electron chi connectivity index (χ3n) is 3.03. The number of benzene rings is 1. The topological polar surface area (TPSA) is 56.7 Å². The predicted molar refractivity (Wildman–Crippen MR) is 73.3 cm³/mol. The van der Waals surface area contributed by atoms with E-state index in [9.17, 15) is 0 Å². The molecule has 0 aliphatic rings. The van der Waals surface area contributed by atoms with Gasteiger partial charge in [-0.1, -0.05) is 24.3 Å². The van der Waals surface area contributed by atoms with Crippen molar-refractivity contribution in [3.63, 3.8) is 0 Å². The molecule has 1 heterocycles. The van der Waals surface area contributed by atoms with E-state index in [2.05, 4.69) is 52.9 Å². The summed E-state index contributed by atoms with van der Waals surface area (Å²) in [6, 6.07) is 8.76. The van der Waals surface area contributed by atoms with Gasteiger partial charge in [-0.15, -0.1) is 10.2 Å². The highest BCUT2D eigenvalue weighted by molar-refractivity contribution is 5.56. The molecule has 4 heteroatoms. The molecule has 2 rings (SSSR count). The molecule has 0 bridgehead atoms. The summed E-state index contributed by atoms with van der Waals surface area (Å²) in [6.45, 7) is 6.95. The van der Waals surface area contributed by atoms with Crippen LogP contribution < -0.4 is 5.73 Å². The molecule has 4 nitrogen and oxygen atoms in total. The van der Waals surface area contributed by atoms with E-state index in [0.29, 0.717) is 12.6 Å². The van der Waals surface area contributed by atoms with E-state index in [1.165, 1.54) is 5.56 Å². The Bertz CT molecular complexity index is 511. The summed E-state index contributed by atoms with van der Waals surface area (Å²) in [6.07, 6.45) is 0.913. The van der Waals surface area contributed by atoms with E-state index in [1.54, 1.807) is 0 Å². The standard InChI is InChI=1S/C14H20N4/c1-10(2)18-11(3)16-17-14(18)13-6-4-12(5-7-13)8-9-15/h4-7,10H,8-9,15H2,1-3H3. The molecule has 2 N–H and O–H groups in total. The van der Waals surface area contributed by atoms with Crippen molar-refractivity contribution in [2.45, 2.75) is 33.2 Å². The fourth-order valence-electron chi connectivity index (χ4n) is 2.17. The fraction of sp³-hybridized carbons (Fsp3) is 0.429. The van der Waals surface area contributed by atoms with Crippen LogP contribution in [0.15, 0.2) is 24.3 Å². The van der Waals surface area contributed by atoms with Crippen LogP contribution in [-0.4, -0.2) is 21.3 Å². The first-order valence-electron chi connectivity index (χ1n) is 6.34. The second-order valence-corrected chi connectivity index (χ2v) is 4.77. The number of nitrogens with two attached hydrogens (primary N) is 1. The molecule has 0 radical (unpaired) electrons. The second-order valence-electron chi connectivity index (χ2n) is 4.77. The van der Waals surface area contributed by atoms with Crippen molar-refractivity contribution in [2.75, 3.05) is 6.54 Å². The van der Waals surface area contributed by atoms with Gasteiger partial charge in [0, 0.05) is 11.6 Å². The summed E-state index contributed by atoms with van der Waals surface area (Å²) < 4.78 is 2.15. The van der Waals surface area contributed by atoms with Crippen molar-refractivity contribution in [3.05, 3.63) is 35.7 Å². The number of rotatable bonds is 4. The van der Waals surface area contributed by atoms with Crippen molar-refractivity contribution in [1.29, 1.82) is 0 Å². The van der Waals surface area contributed by atoms with Crippen LogP contribution in [0, 0.1) is 6.92 Å². The van der Waals surface area contributed by atoms with Crippen LogP contribution in [-0.2, 0) is 6.42 Å². The summed E-state index contributed by atoms with van der Waals surface area (Å²) >= 11 is 0. The van der Waals surface area contributed by atoms with Crippen LogP contribution in [0.5, 0.6) is 0 Å². The van der Waals surface area contributed by atoms with Crippen LogP contribution in [0.4, 0.5) is 0 Å². The van der Waals surface area contributed by atoms with Gasteiger partial charge in [0.25, 0.3) is 0 Å². The first-order chi connectivity index (χ1) is 8.63. The molecular formula is C14H20N4. The smallest absolute Gasteiger partial charge is 0.164 e. The summed E-state index contributed by atoms with van der Waals surface area (Å²) in [5, 5.41) is 8.44. The van der Waals surface area contributed by atoms with Gasteiger partial charge in [0.15, 0.2) is 5.82 Å². The number of aryl methyl sites for hydroxylation is 1. The lowest BCUT2D eigenvalue weighted by atomic mass is 10.1. The van der Waals surface area contributed by atoms with Gasteiger partial charge in [-0.2, -0.15) is 0 Å². The highest BCUT2D eigenvalue weighted by atomic mass is 15.3. The maximum atomic E-state index is 5.55. The molecular weight excluding hydrogens is 224 g/mol. The Labute approximate surface area is 108 Å². The van der Waals surface area contributed by atoms with Gasteiger partial charge in [-0.05, 0) is 39.3 Å². The first kappa shape index (κ1) is 12.8. The van der Waals surface area contributed by atoms with Crippen LogP contribution in [0.25, 0.3) is 11.4 Å². The minimum atomic E-state index is 0.360. The molecule has 2 aromatic rings. The molecule has 0 aliphatic carbocycles.